The van der Waals surface area contributed by atoms with E-state index in [0.29, 0.717) is 27.7 Å². The highest BCUT2D eigenvalue weighted by Crippen LogP contribution is 2.40. The van der Waals surface area contributed by atoms with Gasteiger partial charge in [0.25, 0.3) is 0 Å². The molecule has 0 aliphatic carbocycles. The molecule has 104 valence electrons. The average molecular weight is 338 g/mol. The zero-order valence-electron chi connectivity index (χ0n) is 11.2. The molecule has 0 amide bonds. The van der Waals surface area contributed by atoms with Crippen molar-refractivity contribution in [3.8, 4) is 34.7 Å². The van der Waals surface area contributed by atoms with Crippen LogP contribution in [0.4, 0.5) is 0 Å². The van der Waals surface area contributed by atoms with E-state index in [-0.39, 0.29) is 5.69 Å². The van der Waals surface area contributed by atoms with Gasteiger partial charge in [0.2, 0.25) is 5.75 Å². The molecule has 0 saturated heterocycles. The normalized spacial score (nSPS) is 9.95. The van der Waals surface area contributed by atoms with E-state index < -0.39 is 0 Å². The maximum absolute atomic E-state index is 8.93. The summed E-state index contributed by atoms with van der Waals surface area (Å²) < 4.78 is 16.3. The lowest BCUT2D eigenvalue weighted by molar-refractivity contribution is 0.324. The third kappa shape index (κ3) is 2.42. The summed E-state index contributed by atoms with van der Waals surface area (Å²) in [7, 11) is 4.62. The number of hydrogen-bond acceptors (Lipinski definition) is 5. The van der Waals surface area contributed by atoms with Crippen molar-refractivity contribution >= 4 is 15.9 Å². The number of nitrogens with one attached hydrogen (secondary N) is 1. The number of nitriles is 1. The van der Waals surface area contributed by atoms with Gasteiger partial charge >= 0.3 is 0 Å². The second-order valence-electron chi connectivity index (χ2n) is 3.77. The van der Waals surface area contributed by atoms with E-state index >= 15 is 0 Å². The van der Waals surface area contributed by atoms with Crippen LogP contribution < -0.4 is 14.2 Å². The van der Waals surface area contributed by atoms with Gasteiger partial charge in [-0.15, -0.1) is 0 Å². The molecule has 0 atom stereocenters. The number of ether oxygens (including phenoxy) is 3. The zero-order valence-corrected chi connectivity index (χ0v) is 12.7. The molecule has 1 aromatic carbocycles. The molecular formula is C13H12BrN3O3. The van der Waals surface area contributed by atoms with Crippen molar-refractivity contribution in [3.05, 3.63) is 22.4 Å². The Morgan fingerprint density at radius 1 is 1.15 bits per heavy atom. The Morgan fingerprint density at radius 2 is 1.75 bits per heavy atom. The molecule has 1 aromatic heterocycles. The summed E-state index contributed by atoms with van der Waals surface area (Å²) in [4.78, 5) is 7.17. The molecule has 2 rings (SSSR count). The van der Waals surface area contributed by atoms with Crippen LogP contribution in [0.2, 0.25) is 0 Å². The van der Waals surface area contributed by atoms with Crippen LogP contribution in [0.3, 0.4) is 0 Å². The second kappa shape index (κ2) is 5.84. The van der Waals surface area contributed by atoms with Crippen LogP contribution in [0, 0.1) is 11.3 Å². The van der Waals surface area contributed by atoms with Crippen LogP contribution in [0.1, 0.15) is 5.69 Å². The van der Waals surface area contributed by atoms with Crippen molar-refractivity contribution < 1.29 is 14.2 Å². The van der Waals surface area contributed by atoms with Gasteiger partial charge in [0.05, 0.1) is 21.3 Å². The number of nitrogens with zero attached hydrogens (tertiary/aromatic N) is 2. The van der Waals surface area contributed by atoms with E-state index in [1.807, 2.05) is 6.07 Å². The number of aromatic amines is 1. The van der Waals surface area contributed by atoms with E-state index in [1.165, 1.54) is 7.11 Å². The Morgan fingerprint density at radius 3 is 2.15 bits per heavy atom. The zero-order chi connectivity index (χ0) is 14.7. The van der Waals surface area contributed by atoms with Gasteiger partial charge in [-0.2, -0.15) is 5.26 Å². The van der Waals surface area contributed by atoms with E-state index in [1.54, 1.807) is 26.4 Å². The fourth-order valence-corrected chi connectivity index (χ4v) is 2.15. The van der Waals surface area contributed by atoms with Crippen molar-refractivity contribution in [3.63, 3.8) is 0 Å². The number of imidazole rings is 1. The average Bonchev–Trinajstić information content (AvgIpc) is 2.86. The lowest BCUT2D eigenvalue weighted by Crippen LogP contribution is -1.96. The first-order valence-corrected chi connectivity index (χ1v) is 6.39. The van der Waals surface area contributed by atoms with Crippen molar-refractivity contribution in [1.82, 2.24) is 9.97 Å². The number of rotatable bonds is 4. The van der Waals surface area contributed by atoms with E-state index in [2.05, 4.69) is 25.9 Å². The summed E-state index contributed by atoms with van der Waals surface area (Å²) in [5, 5.41) is 8.93. The van der Waals surface area contributed by atoms with Gasteiger partial charge in [0.15, 0.2) is 17.2 Å². The van der Waals surface area contributed by atoms with Gasteiger partial charge in [0.1, 0.15) is 16.5 Å². The highest BCUT2D eigenvalue weighted by atomic mass is 79.9. The minimum atomic E-state index is 0.286. The summed E-state index contributed by atoms with van der Waals surface area (Å²) in [5.74, 6) is 2.08. The number of aromatic nitrogens is 2. The number of halogens is 1. The molecule has 0 unspecified atom stereocenters. The molecule has 6 nitrogen and oxygen atoms in total. The standard InChI is InChI=1S/C13H12BrN3O3/c1-18-9-4-7(5-10(19-2)11(9)20-3)13-16-8(6-15)12(14)17-13/h4-5H,1-3H3,(H,16,17). The summed E-state index contributed by atoms with van der Waals surface area (Å²) in [6, 6.07) is 5.50. The molecule has 0 fully saturated rings. The maximum atomic E-state index is 8.93. The van der Waals surface area contributed by atoms with E-state index in [9.17, 15) is 0 Å². The third-order valence-corrected chi connectivity index (χ3v) is 3.28. The highest BCUT2D eigenvalue weighted by Gasteiger charge is 2.16. The topological polar surface area (TPSA) is 80.2 Å². The molecule has 7 heteroatoms. The minimum Gasteiger partial charge on any atom is -0.493 e. The molecular weight excluding hydrogens is 326 g/mol. The van der Waals surface area contributed by atoms with Crippen molar-refractivity contribution in [1.29, 1.82) is 5.26 Å². The molecule has 1 N–H and O–H groups in total. The highest BCUT2D eigenvalue weighted by molar-refractivity contribution is 9.10. The van der Waals surface area contributed by atoms with Crippen LogP contribution >= 0.6 is 15.9 Å². The second-order valence-corrected chi connectivity index (χ2v) is 4.57. The molecule has 1 heterocycles. The summed E-state index contributed by atoms with van der Waals surface area (Å²) in [6.07, 6.45) is 0. The van der Waals surface area contributed by atoms with E-state index in [0.717, 1.165) is 5.56 Å². The fraction of sp³-hybridized carbons (Fsp3) is 0.231. The van der Waals surface area contributed by atoms with E-state index in [4.69, 9.17) is 19.5 Å². The van der Waals surface area contributed by atoms with Crippen LogP contribution in [0.25, 0.3) is 11.4 Å². The first-order chi connectivity index (χ1) is 9.64. The molecule has 2 aromatic rings. The van der Waals surface area contributed by atoms with Crippen LogP contribution in [-0.4, -0.2) is 31.3 Å². The molecule has 0 aliphatic rings. The van der Waals surface area contributed by atoms with Gasteiger partial charge in [-0.05, 0) is 28.1 Å². The summed E-state index contributed by atoms with van der Waals surface area (Å²) in [6.45, 7) is 0. The molecule has 0 spiro atoms. The lowest BCUT2D eigenvalue weighted by Gasteiger charge is -2.13. The maximum Gasteiger partial charge on any atom is 0.203 e. The number of H-pyrrole nitrogens is 1. The van der Waals surface area contributed by atoms with Crippen molar-refractivity contribution in [2.24, 2.45) is 0 Å². The van der Waals surface area contributed by atoms with Gasteiger partial charge in [-0.3, -0.25) is 0 Å². The van der Waals surface area contributed by atoms with Crippen LogP contribution in [-0.2, 0) is 0 Å². The molecule has 0 bridgehead atoms. The monoisotopic (exact) mass is 337 g/mol. The quantitative estimate of drug-likeness (QED) is 0.927. The molecule has 0 saturated carbocycles. The SMILES string of the molecule is COc1cc(-c2nc(C#N)c(Br)[nH]2)cc(OC)c1OC. The Balaban J connectivity index is 2.59. The number of benzene rings is 1. The van der Waals surface area contributed by atoms with Crippen molar-refractivity contribution in [2.45, 2.75) is 0 Å². The molecule has 0 aliphatic heterocycles. The van der Waals surface area contributed by atoms with Gasteiger partial charge in [0, 0.05) is 5.56 Å². The number of hydrogen-bond donors (Lipinski definition) is 1. The Labute approximate surface area is 124 Å². The van der Waals surface area contributed by atoms with Crippen LogP contribution in [0.5, 0.6) is 17.2 Å². The first kappa shape index (κ1) is 14.2. The molecule has 0 radical (unpaired) electrons. The van der Waals surface area contributed by atoms with Gasteiger partial charge < -0.3 is 19.2 Å². The number of methoxy groups -OCH3 is 3. The smallest absolute Gasteiger partial charge is 0.203 e. The van der Waals surface area contributed by atoms with Gasteiger partial charge in [-0.25, -0.2) is 4.98 Å². The summed E-state index contributed by atoms with van der Waals surface area (Å²) in [5.41, 5.74) is 1.01. The third-order valence-electron chi connectivity index (χ3n) is 2.70. The lowest BCUT2D eigenvalue weighted by atomic mass is 10.1. The Hall–Kier alpha value is -2.20. The van der Waals surface area contributed by atoms with Crippen LogP contribution in [0.15, 0.2) is 16.7 Å². The molecule has 20 heavy (non-hydrogen) atoms. The Kier molecular flexibility index (Phi) is 4.15. The van der Waals surface area contributed by atoms with Crippen molar-refractivity contribution in [2.75, 3.05) is 21.3 Å². The fourth-order valence-electron chi connectivity index (χ4n) is 1.78. The first-order valence-electron chi connectivity index (χ1n) is 5.60. The predicted molar refractivity (Wildman–Crippen MR) is 76.1 cm³/mol. The minimum absolute atomic E-state index is 0.286. The van der Waals surface area contributed by atoms with Gasteiger partial charge in [-0.1, -0.05) is 0 Å². The summed E-state index contributed by atoms with van der Waals surface area (Å²) >= 11 is 3.25. The predicted octanol–water partition coefficient (Wildman–Crippen LogP) is 2.74. The largest absolute Gasteiger partial charge is 0.493 e. The Bertz CT molecular complexity index is 651.